The van der Waals surface area contributed by atoms with E-state index in [4.69, 9.17) is 0 Å². The highest BCUT2D eigenvalue weighted by atomic mass is 79.9. The summed E-state index contributed by atoms with van der Waals surface area (Å²) in [6.45, 7) is 0. The zero-order chi connectivity index (χ0) is 22.4. The number of aromatic nitrogens is 3. The summed E-state index contributed by atoms with van der Waals surface area (Å²) < 4.78 is 3.04. The standard InChI is InChI=1S/C26H27BrN4OS/c27-21-6-4-5-20(12-21)24-29-30-25(31(24)22-7-2-1-3-8-22)33-16-23(32)28-26-13-17-9-18(14-26)11-19(10-17)15-26/h1-8,12,17-19H,9-11,13-16H2,(H,28,32). The molecule has 7 rings (SSSR count). The maximum atomic E-state index is 13.1. The number of thioether (sulfide) groups is 1. The number of hydrogen-bond acceptors (Lipinski definition) is 4. The molecule has 0 saturated heterocycles. The lowest BCUT2D eigenvalue weighted by atomic mass is 9.53. The first kappa shape index (κ1) is 21.4. The average Bonchev–Trinajstić information content (AvgIpc) is 3.21. The van der Waals surface area contributed by atoms with Crippen molar-refractivity contribution in [2.75, 3.05) is 5.75 Å². The van der Waals surface area contributed by atoms with E-state index in [0.717, 1.165) is 44.5 Å². The quantitative estimate of drug-likeness (QED) is 0.411. The van der Waals surface area contributed by atoms with Crippen LogP contribution in [0.25, 0.3) is 17.1 Å². The minimum absolute atomic E-state index is 0.0426. The van der Waals surface area contributed by atoms with Gasteiger partial charge in [-0.25, -0.2) is 0 Å². The summed E-state index contributed by atoms with van der Waals surface area (Å²) in [4.78, 5) is 13.1. The molecule has 1 amide bonds. The van der Waals surface area contributed by atoms with Crippen LogP contribution in [0.3, 0.4) is 0 Å². The van der Waals surface area contributed by atoms with E-state index in [9.17, 15) is 4.79 Å². The van der Waals surface area contributed by atoms with Crippen LogP contribution in [0.4, 0.5) is 0 Å². The molecule has 4 fully saturated rings. The van der Waals surface area contributed by atoms with Crippen LogP contribution < -0.4 is 5.32 Å². The fraction of sp³-hybridized carbons (Fsp3) is 0.423. The van der Waals surface area contributed by atoms with E-state index in [1.54, 1.807) is 0 Å². The normalized spacial score (nSPS) is 27.6. The summed E-state index contributed by atoms with van der Waals surface area (Å²) in [5.41, 5.74) is 2.01. The summed E-state index contributed by atoms with van der Waals surface area (Å²) in [5, 5.41) is 13.2. The Morgan fingerprint density at radius 3 is 2.36 bits per heavy atom. The van der Waals surface area contributed by atoms with Crippen LogP contribution in [0.2, 0.25) is 0 Å². The van der Waals surface area contributed by atoms with Gasteiger partial charge in [0.15, 0.2) is 11.0 Å². The Kier molecular flexibility index (Phi) is 5.57. The second-order valence-electron chi connectivity index (χ2n) is 10.0. The van der Waals surface area contributed by atoms with E-state index >= 15 is 0 Å². The molecule has 4 bridgehead atoms. The smallest absolute Gasteiger partial charge is 0.230 e. The molecule has 4 aliphatic rings. The van der Waals surface area contributed by atoms with Crippen molar-refractivity contribution >= 4 is 33.6 Å². The van der Waals surface area contributed by atoms with Crippen molar-refractivity contribution in [2.45, 2.75) is 49.2 Å². The first-order chi connectivity index (χ1) is 16.1. The molecule has 4 saturated carbocycles. The van der Waals surface area contributed by atoms with Gasteiger partial charge in [-0.05, 0) is 80.5 Å². The van der Waals surface area contributed by atoms with E-state index in [1.807, 2.05) is 59.2 Å². The Morgan fingerprint density at radius 2 is 1.70 bits per heavy atom. The molecular formula is C26H27BrN4OS. The highest BCUT2D eigenvalue weighted by Crippen LogP contribution is 2.55. The number of hydrogen-bond donors (Lipinski definition) is 1. The third-order valence-electron chi connectivity index (χ3n) is 7.51. The number of rotatable bonds is 6. The number of carbonyl (C=O) groups excluding carboxylic acids is 1. The van der Waals surface area contributed by atoms with E-state index in [2.05, 4.69) is 31.4 Å². The van der Waals surface area contributed by atoms with Gasteiger partial charge in [0.2, 0.25) is 5.91 Å². The van der Waals surface area contributed by atoms with Gasteiger partial charge >= 0.3 is 0 Å². The first-order valence-electron chi connectivity index (χ1n) is 11.8. The number of nitrogens with zero attached hydrogens (tertiary/aromatic N) is 3. The fourth-order valence-electron chi connectivity index (χ4n) is 6.71. The van der Waals surface area contributed by atoms with Gasteiger partial charge in [0.1, 0.15) is 0 Å². The Hall–Kier alpha value is -2.12. The molecule has 5 nitrogen and oxygen atoms in total. The van der Waals surface area contributed by atoms with E-state index in [-0.39, 0.29) is 11.4 Å². The highest BCUT2D eigenvalue weighted by molar-refractivity contribution is 9.10. The fourth-order valence-corrected chi connectivity index (χ4v) is 7.86. The third-order valence-corrected chi connectivity index (χ3v) is 8.93. The number of amides is 1. The van der Waals surface area contributed by atoms with Gasteiger partial charge in [-0.15, -0.1) is 10.2 Å². The molecule has 4 aliphatic carbocycles. The van der Waals surface area contributed by atoms with Gasteiger partial charge in [0, 0.05) is 21.3 Å². The number of benzene rings is 2. The van der Waals surface area contributed by atoms with Crippen molar-refractivity contribution in [3.63, 3.8) is 0 Å². The zero-order valence-electron chi connectivity index (χ0n) is 18.4. The van der Waals surface area contributed by atoms with Crippen LogP contribution in [0, 0.1) is 17.8 Å². The van der Waals surface area contributed by atoms with Crippen LogP contribution in [0.5, 0.6) is 0 Å². The minimum atomic E-state index is 0.0426. The van der Waals surface area contributed by atoms with Gasteiger partial charge in [0.05, 0.1) is 5.75 Å². The molecule has 1 N–H and O–H groups in total. The Bertz CT molecular complexity index is 1140. The van der Waals surface area contributed by atoms with E-state index in [1.165, 1.54) is 50.3 Å². The van der Waals surface area contributed by atoms with Crippen LogP contribution in [0.15, 0.2) is 64.2 Å². The predicted octanol–water partition coefficient (Wildman–Crippen LogP) is 5.87. The van der Waals surface area contributed by atoms with Crippen molar-refractivity contribution < 1.29 is 4.79 Å². The maximum absolute atomic E-state index is 13.1. The average molecular weight is 524 g/mol. The van der Waals surface area contributed by atoms with Gasteiger partial charge < -0.3 is 5.32 Å². The van der Waals surface area contributed by atoms with Crippen molar-refractivity contribution in [3.8, 4) is 17.1 Å². The lowest BCUT2D eigenvalue weighted by Crippen LogP contribution is -2.60. The predicted molar refractivity (Wildman–Crippen MR) is 134 cm³/mol. The highest BCUT2D eigenvalue weighted by Gasteiger charge is 2.51. The van der Waals surface area contributed by atoms with Gasteiger partial charge in [-0.1, -0.05) is 58.0 Å². The Balaban J connectivity index is 1.22. The van der Waals surface area contributed by atoms with E-state index < -0.39 is 0 Å². The van der Waals surface area contributed by atoms with Crippen molar-refractivity contribution in [2.24, 2.45) is 17.8 Å². The van der Waals surface area contributed by atoms with Crippen LogP contribution in [0.1, 0.15) is 38.5 Å². The number of para-hydroxylation sites is 1. The largest absolute Gasteiger partial charge is 0.350 e. The number of halogens is 1. The SMILES string of the molecule is O=C(CSc1nnc(-c2cccc(Br)c2)n1-c1ccccc1)NC12CC3CC(CC(C3)C1)C2. The molecule has 7 heteroatoms. The molecule has 0 aliphatic heterocycles. The summed E-state index contributed by atoms with van der Waals surface area (Å²) >= 11 is 5.02. The van der Waals surface area contributed by atoms with Crippen LogP contribution in [-0.4, -0.2) is 32.0 Å². The maximum Gasteiger partial charge on any atom is 0.230 e. The molecule has 0 spiro atoms. The van der Waals surface area contributed by atoms with Gasteiger partial charge in [0.25, 0.3) is 0 Å². The lowest BCUT2D eigenvalue weighted by molar-refractivity contribution is -0.124. The topological polar surface area (TPSA) is 59.8 Å². The first-order valence-corrected chi connectivity index (χ1v) is 13.6. The molecule has 0 unspecified atom stereocenters. The Labute approximate surface area is 206 Å². The van der Waals surface area contributed by atoms with Crippen molar-refractivity contribution in [3.05, 3.63) is 59.1 Å². The molecule has 1 heterocycles. The van der Waals surface area contributed by atoms with Crippen molar-refractivity contribution in [1.82, 2.24) is 20.1 Å². The number of carbonyl (C=O) groups is 1. The molecular weight excluding hydrogens is 496 g/mol. The molecule has 2 aromatic carbocycles. The monoisotopic (exact) mass is 522 g/mol. The second-order valence-corrected chi connectivity index (χ2v) is 11.9. The third kappa shape index (κ3) is 4.26. The minimum Gasteiger partial charge on any atom is -0.350 e. The summed E-state index contributed by atoms with van der Waals surface area (Å²) in [6.07, 6.45) is 7.64. The number of nitrogens with one attached hydrogen (secondary N) is 1. The second kappa shape index (κ2) is 8.58. The molecule has 0 radical (unpaired) electrons. The van der Waals surface area contributed by atoms with Gasteiger partial charge in [-0.3, -0.25) is 9.36 Å². The van der Waals surface area contributed by atoms with Crippen molar-refractivity contribution in [1.29, 1.82) is 0 Å². The summed E-state index contributed by atoms with van der Waals surface area (Å²) in [7, 11) is 0. The molecule has 0 atom stereocenters. The van der Waals surface area contributed by atoms with Gasteiger partial charge in [-0.2, -0.15) is 0 Å². The molecule has 3 aromatic rings. The summed E-state index contributed by atoms with van der Waals surface area (Å²) in [5.74, 6) is 3.69. The zero-order valence-corrected chi connectivity index (χ0v) is 20.8. The van der Waals surface area contributed by atoms with E-state index in [0.29, 0.717) is 5.75 Å². The molecule has 33 heavy (non-hydrogen) atoms. The lowest BCUT2D eigenvalue weighted by Gasteiger charge is -2.56. The Morgan fingerprint density at radius 1 is 1.00 bits per heavy atom. The summed E-state index contributed by atoms with van der Waals surface area (Å²) in [6, 6.07) is 18.2. The van der Waals surface area contributed by atoms with Crippen LogP contribution >= 0.6 is 27.7 Å². The van der Waals surface area contributed by atoms with Crippen LogP contribution in [-0.2, 0) is 4.79 Å². The molecule has 170 valence electrons. The molecule has 1 aromatic heterocycles.